The van der Waals surface area contributed by atoms with Gasteiger partial charge in [-0.05, 0) is 60.9 Å². The highest BCUT2D eigenvalue weighted by atomic mass is 35.5. The van der Waals surface area contributed by atoms with Crippen LogP contribution in [0, 0.1) is 5.82 Å². The predicted octanol–water partition coefficient (Wildman–Crippen LogP) is 5.01. The fourth-order valence-corrected chi connectivity index (χ4v) is 5.56. The zero-order chi connectivity index (χ0) is 27.7. The van der Waals surface area contributed by atoms with Crippen LogP contribution in [-0.2, 0) is 26.2 Å². The molecule has 3 rings (SSSR count). The van der Waals surface area contributed by atoms with Gasteiger partial charge < -0.3 is 10.2 Å². The highest BCUT2D eigenvalue weighted by molar-refractivity contribution is 7.92. The Morgan fingerprint density at radius 1 is 0.947 bits per heavy atom. The summed E-state index contributed by atoms with van der Waals surface area (Å²) in [7, 11) is -4.25. The van der Waals surface area contributed by atoms with Gasteiger partial charge in [-0.1, -0.05) is 61.8 Å². The maximum Gasteiger partial charge on any atom is 0.264 e. The van der Waals surface area contributed by atoms with E-state index >= 15 is 0 Å². The van der Waals surface area contributed by atoms with Crippen molar-refractivity contribution in [2.75, 3.05) is 17.4 Å². The molecule has 0 bridgehead atoms. The van der Waals surface area contributed by atoms with Crippen LogP contribution in [0.4, 0.5) is 10.1 Å². The average molecular weight is 560 g/mol. The molecule has 202 valence electrons. The van der Waals surface area contributed by atoms with E-state index in [0.29, 0.717) is 23.6 Å². The first kappa shape index (κ1) is 29.1. The van der Waals surface area contributed by atoms with Crippen molar-refractivity contribution < 1.29 is 22.4 Å². The van der Waals surface area contributed by atoms with Gasteiger partial charge in [-0.2, -0.15) is 0 Å². The predicted molar refractivity (Wildman–Crippen MR) is 147 cm³/mol. The molecule has 3 aromatic carbocycles. The molecule has 10 heteroatoms. The SMILES string of the molecule is CCCNC(=O)[C@@H](CC)N(Cc1ccccc1Cl)C(=O)CN(c1ccccc1)S(=O)(=O)c1ccc(F)cc1. The van der Waals surface area contributed by atoms with Crippen molar-refractivity contribution in [1.29, 1.82) is 0 Å². The molecule has 0 aliphatic carbocycles. The van der Waals surface area contributed by atoms with Crippen molar-refractivity contribution >= 4 is 39.1 Å². The molecule has 0 saturated carbocycles. The number of para-hydroxylation sites is 1. The van der Waals surface area contributed by atoms with E-state index < -0.39 is 34.3 Å². The molecule has 3 aromatic rings. The molecule has 0 aliphatic rings. The zero-order valence-corrected chi connectivity index (χ0v) is 22.9. The van der Waals surface area contributed by atoms with Crippen LogP contribution in [-0.4, -0.2) is 44.3 Å². The topological polar surface area (TPSA) is 86.8 Å². The highest BCUT2D eigenvalue weighted by Gasteiger charge is 2.33. The van der Waals surface area contributed by atoms with Crippen LogP contribution < -0.4 is 9.62 Å². The minimum atomic E-state index is -4.25. The van der Waals surface area contributed by atoms with Crippen molar-refractivity contribution in [2.45, 2.75) is 44.2 Å². The maximum absolute atomic E-state index is 13.9. The number of amides is 2. The Balaban J connectivity index is 2.03. The molecule has 0 heterocycles. The summed E-state index contributed by atoms with van der Waals surface area (Å²) in [6.07, 6.45) is 1.03. The summed E-state index contributed by atoms with van der Waals surface area (Å²) in [6, 6.07) is 18.7. The van der Waals surface area contributed by atoms with Crippen molar-refractivity contribution in [1.82, 2.24) is 10.2 Å². The third-order valence-corrected chi connectivity index (χ3v) is 8.12. The first-order valence-electron chi connectivity index (χ1n) is 12.3. The molecule has 0 unspecified atom stereocenters. The Morgan fingerprint density at radius 2 is 1.58 bits per heavy atom. The molecular formula is C28H31ClFN3O4S. The maximum atomic E-state index is 13.9. The normalized spacial score (nSPS) is 12.0. The van der Waals surface area contributed by atoms with Crippen LogP contribution in [0.1, 0.15) is 32.3 Å². The fourth-order valence-electron chi connectivity index (χ4n) is 3.95. The molecule has 1 atom stereocenters. The molecule has 1 N–H and O–H groups in total. The molecule has 0 aliphatic heterocycles. The van der Waals surface area contributed by atoms with Gasteiger partial charge in [-0.25, -0.2) is 12.8 Å². The first-order valence-corrected chi connectivity index (χ1v) is 14.1. The van der Waals surface area contributed by atoms with E-state index in [0.717, 1.165) is 35.0 Å². The van der Waals surface area contributed by atoms with E-state index in [1.165, 1.54) is 4.90 Å². The minimum Gasteiger partial charge on any atom is -0.354 e. The van der Waals surface area contributed by atoms with Gasteiger partial charge in [0.2, 0.25) is 11.8 Å². The number of sulfonamides is 1. The van der Waals surface area contributed by atoms with Gasteiger partial charge in [-0.15, -0.1) is 0 Å². The Labute approximate surface area is 228 Å². The van der Waals surface area contributed by atoms with Crippen molar-refractivity contribution in [2.24, 2.45) is 0 Å². The number of carbonyl (C=O) groups is 2. The fraction of sp³-hybridized carbons (Fsp3) is 0.286. The summed E-state index contributed by atoms with van der Waals surface area (Å²) in [6.45, 7) is 3.58. The standard InChI is InChI=1S/C28H31ClFN3O4S/c1-3-18-31-28(35)26(4-2)32(19-21-10-8-9-13-25(21)29)27(34)20-33(23-11-6-5-7-12-23)38(36,37)24-16-14-22(30)15-17-24/h5-17,26H,3-4,18-20H2,1-2H3,(H,31,35)/t26-/m1/s1. The van der Waals surface area contributed by atoms with Gasteiger partial charge in [0.1, 0.15) is 18.4 Å². The number of anilines is 1. The number of rotatable bonds is 12. The molecular weight excluding hydrogens is 529 g/mol. The lowest BCUT2D eigenvalue weighted by molar-refractivity contribution is -0.140. The second-order valence-corrected chi connectivity index (χ2v) is 10.9. The third-order valence-electron chi connectivity index (χ3n) is 5.96. The number of hydrogen-bond donors (Lipinski definition) is 1. The summed E-state index contributed by atoms with van der Waals surface area (Å²) in [5.41, 5.74) is 0.878. The third kappa shape index (κ3) is 7.11. The number of nitrogens with one attached hydrogen (secondary N) is 1. The molecule has 2 amide bonds. The van der Waals surface area contributed by atoms with Gasteiger partial charge in [0, 0.05) is 18.1 Å². The number of benzene rings is 3. The Hall–Kier alpha value is -3.43. The van der Waals surface area contributed by atoms with Crippen LogP contribution in [0.3, 0.4) is 0 Å². The van der Waals surface area contributed by atoms with Crippen LogP contribution in [0.5, 0.6) is 0 Å². The smallest absolute Gasteiger partial charge is 0.264 e. The van der Waals surface area contributed by atoms with E-state index in [4.69, 9.17) is 11.6 Å². The van der Waals surface area contributed by atoms with Gasteiger partial charge >= 0.3 is 0 Å². The van der Waals surface area contributed by atoms with E-state index in [9.17, 15) is 22.4 Å². The molecule has 0 aromatic heterocycles. The highest BCUT2D eigenvalue weighted by Crippen LogP contribution is 2.25. The van der Waals surface area contributed by atoms with E-state index in [1.54, 1.807) is 61.5 Å². The summed E-state index contributed by atoms with van der Waals surface area (Å²) in [4.78, 5) is 28.1. The Morgan fingerprint density at radius 3 is 2.18 bits per heavy atom. The van der Waals surface area contributed by atoms with E-state index in [2.05, 4.69) is 5.32 Å². The summed E-state index contributed by atoms with van der Waals surface area (Å²) in [5.74, 6) is -1.50. The lowest BCUT2D eigenvalue weighted by Gasteiger charge is -2.33. The Kier molecular flexibility index (Phi) is 10.3. The number of hydrogen-bond acceptors (Lipinski definition) is 4. The molecule has 7 nitrogen and oxygen atoms in total. The molecule has 0 saturated heterocycles. The van der Waals surface area contributed by atoms with Crippen LogP contribution in [0.2, 0.25) is 5.02 Å². The van der Waals surface area contributed by atoms with Crippen LogP contribution >= 0.6 is 11.6 Å². The van der Waals surface area contributed by atoms with Crippen LogP contribution in [0.15, 0.2) is 83.8 Å². The monoisotopic (exact) mass is 559 g/mol. The second-order valence-electron chi connectivity index (χ2n) is 8.63. The van der Waals surface area contributed by atoms with Gasteiger partial charge in [0.15, 0.2) is 0 Å². The number of halogens is 2. The zero-order valence-electron chi connectivity index (χ0n) is 21.3. The quantitative estimate of drug-likeness (QED) is 0.338. The lowest BCUT2D eigenvalue weighted by Crippen LogP contribution is -2.52. The molecule has 0 spiro atoms. The van der Waals surface area contributed by atoms with Gasteiger partial charge in [0.05, 0.1) is 10.6 Å². The van der Waals surface area contributed by atoms with Crippen molar-refractivity contribution in [3.8, 4) is 0 Å². The van der Waals surface area contributed by atoms with Crippen LogP contribution in [0.25, 0.3) is 0 Å². The number of nitrogens with zero attached hydrogens (tertiary/aromatic N) is 2. The average Bonchev–Trinajstić information content (AvgIpc) is 2.92. The first-order chi connectivity index (χ1) is 18.2. The van der Waals surface area contributed by atoms with Crippen molar-refractivity contribution in [3.05, 3.63) is 95.3 Å². The van der Waals surface area contributed by atoms with Gasteiger partial charge in [-0.3, -0.25) is 13.9 Å². The molecule has 0 fully saturated rings. The Bertz CT molecular complexity index is 1340. The van der Waals surface area contributed by atoms with E-state index in [-0.39, 0.29) is 23.0 Å². The molecule has 38 heavy (non-hydrogen) atoms. The lowest BCUT2D eigenvalue weighted by atomic mass is 10.1. The van der Waals surface area contributed by atoms with Crippen molar-refractivity contribution in [3.63, 3.8) is 0 Å². The summed E-state index contributed by atoms with van der Waals surface area (Å²) < 4.78 is 41.8. The van der Waals surface area contributed by atoms with Gasteiger partial charge in [0.25, 0.3) is 10.0 Å². The van der Waals surface area contributed by atoms with E-state index in [1.807, 2.05) is 6.92 Å². The molecule has 0 radical (unpaired) electrons. The minimum absolute atomic E-state index is 0.00971. The number of carbonyl (C=O) groups excluding carboxylic acids is 2. The summed E-state index contributed by atoms with van der Waals surface area (Å²) in [5, 5.41) is 3.26. The summed E-state index contributed by atoms with van der Waals surface area (Å²) >= 11 is 6.38. The second kappa shape index (κ2) is 13.4. The largest absolute Gasteiger partial charge is 0.354 e.